The zero-order chi connectivity index (χ0) is 17.7. The van der Waals surface area contributed by atoms with Crippen LogP contribution in [0.3, 0.4) is 0 Å². The van der Waals surface area contributed by atoms with Gasteiger partial charge in [0, 0.05) is 75.4 Å². The molecule has 5 rings (SSSR count). The normalized spacial score (nSPS) is 25.7. The van der Waals surface area contributed by atoms with Crippen LogP contribution in [0.25, 0.3) is 0 Å². The molecule has 1 saturated carbocycles. The predicted molar refractivity (Wildman–Crippen MR) is 98.0 cm³/mol. The van der Waals surface area contributed by atoms with Gasteiger partial charge in [0.1, 0.15) is 12.1 Å². The summed E-state index contributed by atoms with van der Waals surface area (Å²) in [6.45, 7) is 5.23. The first-order chi connectivity index (χ1) is 12.7. The lowest BCUT2D eigenvalue weighted by Gasteiger charge is -2.22. The lowest BCUT2D eigenvalue weighted by Crippen LogP contribution is -2.29. The Morgan fingerprint density at radius 3 is 2.54 bits per heavy atom. The molecule has 2 aromatic rings. The molecule has 3 fully saturated rings. The van der Waals surface area contributed by atoms with Crippen molar-refractivity contribution >= 4 is 5.82 Å². The van der Waals surface area contributed by atoms with Gasteiger partial charge >= 0.3 is 5.69 Å². The number of likely N-dealkylation sites (tertiary alicyclic amines) is 1. The molecule has 7 nitrogen and oxygen atoms in total. The Hall–Kier alpha value is -2.28. The van der Waals surface area contributed by atoms with E-state index in [0.29, 0.717) is 17.8 Å². The summed E-state index contributed by atoms with van der Waals surface area (Å²) in [5.74, 6) is 3.15. The summed E-state index contributed by atoms with van der Waals surface area (Å²) >= 11 is 0. The van der Waals surface area contributed by atoms with E-state index in [1.807, 2.05) is 6.20 Å². The molecule has 2 aliphatic heterocycles. The fraction of sp³-hybridized carbons (Fsp3) is 0.579. The highest BCUT2D eigenvalue weighted by molar-refractivity contribution is 5.42. The highest BCUT2D eigenvalue weighted by Gasteiger charge is 2.40. The van der Waals surface area contributed by atoms with Gasteiger partial charge in [0.15, 0.2) is 0 Å². The summed E-state index contributed by atoms with van der Waals surface area (Å²) < 4.78 is 1.56. The van der Waals surface area contributed by atoms with E-state index in [1.165, 1.54) is 18.5 Å². The van der Waals surface area contributed by atoms with Crippen LogP contribution in [-0.4, -0.2) is 50.6 Å². The monoisotopic (exact) mass is 352 g/mol. The van der Waals surface area contributed by atoms with Crippen LogP contribution in [0.1, 0.15) is 30.0 Å². The van der Waals surface area contributed by atoms with Crippen LogP contribution < -0.4 is 10.6 Å². The van der Waals surface area contributed by atoms with Crippen molar-refractivity contribution in [1.29, 1.82) is 0 Å². The van der Waals surface area contributed by atoms with Crippen LogP contribution in [0.2, 0.25) is 0 Å². The second-order valence-electron chi connectivity index (χ2n) is 8.05. The summed E-state index contributed by atoms with van der Waals surface area (Å²) in [4.78, 5) is 29.3. The van der Waals surface area contributed by atoms with Gasteiger partial charge in [-0.2, -0.15) is 0 Å². The molecule has 4 heterocycles. The minimum Gasteiger partial charge on any atom is -0.356 e. The van der Waals surface area contributed by atoms with Gasteiger partial charge in [-0.05, 0) is 24.7 Å². The van der Waals surface area contributed by atoms with Crippen molar-refractivity contribution in [3.05, 3.63) is 46.5 Å². The van der Waals surface area contributed by atoms with Crippen molar-refractivity contribution in [3.63, 3.8) is 0 Å². The molecule has 2 saturated heterocycles. The number of aryl methyl sites for hydroxylation is 1. The van der Waals surface area contributed by atoms with Gasteiger partial charge in [-0.1, -0.05) is 0 Å². The Morgan fingerprint density at radius 1 is 1.08 bits per heavy atom. The van der Waals surface area contributed by atoms with Crippen LogP contribution in [0.4, 0.5) is 5.82 Å². The van der Waals surface area contributed by atoms with Gasteiger partial charge < -0.3 is 9.47 Å². The van der Waals surface area contributed by atoms with Crippen LogP contribution in [0.15, 0.2) is 29.6 Å². The van der Waals surface area contributed by atoms with Crippen molar-refractivity contribution in [2.24, 2.45) is 18.9 Å². The lowest BCUT2D eigenvalue weighted by atomic mass is 10.0. The Labute approximate surface area is 152 Å². The molecule has 0 spiro atoms. The molecular weight excluding hydrogens is 328 g/mol. The topological polar surface area (TPSA) is 67.2 Å². The molecule has 7 heteroatoms. The van der Waals surface area contributed by atoms with E-state index >= 15 is 0 Å². The fourth-order valence-corrected chi connectivity index (χ4v) is 4.45. The van der Waals surface area contributed by atoms with E-state index in [2.05, 4.69) is 30.8 Å². The van der Waals surface area contributed by atoms with Crippen LogP contribution in [0, 0.1) is 11.8 Å². The van der Waals surface area contributed by atoms with Crippen molar-refractivity contribution in [2.75, 3.05) is 31.1 Å². The largest absolute Gasteiger partial charge is 0.356 e. The summed E-state index contributed by atoms with van der Waals surface area (Å²) in [6, 6.07) is 2.20. The van der Waals surface area contributed by atoms with Gasteiger partial charge in [0.05, 0.1) is 0 Å². The van der Waals surface area contributed by atoms with Crippen LogP contribution in [0.5, 0.6) is 0 Å². The van der Waals surface area contributed by atoms with Gasteiger partial charge in [-0.3, -0.25) is 4.90 Å². The number of hydrogen-bond donors (Lipinski definition) is 0. The third-order valence-electron chi connectivity index (χ3n) is 5.96. The highest BCUT2D eigenvalue weighted by atomic mass is 16.1. The zero-order valence-electron chi connectivity index (χ0n) is 15.1. The first kappa shape index (κ1) is 15.9. The smallest absolute Gasteiger partial charge is 0.347 e. The highest BCUT2D eigenvalue weighted by Crippen LogP contribution is 2.40. The Bertz CT molecular complexity index is 862. The fourth-order valence-electron chi connectivity index (χ4n) is 4.45. The Balaban J connectivity index is 1.22. The summed E-state index contributed by atoms with van der Waals surface area (Å²) in [5.41, 5.74) is 2.13. The quantitative estimate of drug-likeness (QED) is 0.818. The van der Waals surface area contributed by atoms with Crippen LogP contribution >= 0.6 is 0 Å². The average Bonchev–Trinajstić information content (AvgIpc) is 3.31. The van der Waals surface area contributed by atoms with E-state index in [9.17, 15) is 4.79 Å². The average molecular weight is 352 g/mol. The number of hydrogen-bond acceptors (Lipinski definition) is 6. The zero-order valence-corrected chi connectivity index (χ0v) is 15.1. The standard InChI is InChI=1S/C19H24N6O/c1-23-6-13(5-20-19(23)26)7-24-8-15-10-25(11-16(15)9-24)18-4-17(14-2-3-14)21-12-22-18/h4-6,12,14-16H,2-3,7-11H2,1H3. The van der Waals surface area contributed by atoms with E-state index in [4.69, 9.17) is 0 Å². The SMILES string of the molecule is Cn1cc(CN2CC3CN(c4cc(C5CC5)ncn4)CC3C2)cnc1=O. The molecule has 2 aromatic heterocycles. The molecule has 3 aliphatic rings. The maximum Gasteiger partial charge on any atom is 0.347 e. The van der Waals surface area contributed by atoms with Crippen molar-refractivity contribution in [1.82, 2.24) is 24.4 Å². The van der Waals surface area contributed by atoms with Crippen molar-refractivity contribution < 1.29 is 0 Å². The molecule has 0 radical (unpaired) electrons. The minimum atomic E-state index is -0.196. The molecule has 26 heavy (non-hydrogen) atoms. The summed E-state index contributed by atoms with van der Waals surface area (Å²) in [6.07, 6.45) is 7.89. The Kier molecular flexibility index (Phi) is 3.77. The second-order valence-corrected chi connectivity index (χ2v) is 8.05. The van der Waals surface area contributed by atoms with E-state index in [-0.39, 0.29) is 5.69 Å². The van der Waals surface area contributed by atoms with E-state index in [0.717, 1.165) is 44.1 Å². The number of fused-ring (bicyclic) bond motifs is 1. The van der Waals surface area contributed by atoms with E-state index < -0.39 is 0 Å². The predicted octanol–water partition coefficient (Wildman–Crippen LogP) is 1.02. The maximum atomic E-state index is 11.4. The number of rotatable bonds is 4. The number of aromatic nitrogens is 4. The summed E-state index contributed by atoms with van der Waals surface area (Å²) in [7, 11) is 1.76. The molecule has 136 valence electrons. The molecule has 0 N–H and O–H groups in total. The van der Waals surface area contributed by atoms with Crippen molar-refractivity contribution in [3.8, 4) is 0 Å². The lowest BCUT2D eigenvalue weighted by molar-refractivity contribution is 0.307. The minimum absolute atomic E-state index is 0.196. The van der Waals surface area contributed by atoms with Gasteiger partial charge in [-0.15, -0.1) is 0 Å². The molecular formula is C19H24N6O. The van der Waals surface area contributed by atoms with Gasteiger partial charge in [-0.25, -0.2) is 19.7 Å². The molecule has 0 bridgehead atoms. The Morgan fingerprint density at radius 2 is 1.85 bits per heavy atom. The second kappa shape index (κ2) is 6.16. The molecule has 2 atom stereocenters. The third-order valence-corrected chi connectivity index (χ3v) is 5.96. The number of nitrogens with zero attached hydrogens (tertiary/aromatic N) is 6. The first-order valence-electron chi connectivity index (χ1n) is 9.46. The first-order valence-corrected chi connectivity index (χ1v) is 9.46. The molecule has 1 aliphatic carbocycles. The van der Waals surface area contributed by atoms with E-state index in [1.54, 1.807) is 24.1 Å². The maximum absolute atomic E-state index is 11.4. The van der Waals surface area contributed by atoms with Gasteiger partial charge in [0.25, 0.3) is 0 Å². The number of anilines is 1. The summed E-state index contributed by atoms with van der Waals surface area (Å²) in [5, 5.41) is 0. The molecule has 0 aromatic carbocycles. The third kappa shape index (κ3) is 3.00. The molecule has 2 unspecified atom stereocenters. The van der Waals surface area contributed by atoms with Crippen molar-refractivity contribution in [2.45, 2.75) is 25.3 Å². The van der Waals surface area contributed by atoms with Crippen LogP contribution in [-0.2, 0) is 13.6 Å². The molecule has 0 amide bonds. The van der Waals surface area contributed by atoms with Gasteiger partial charge in [0.2, 0.25) is 0 Å².